The minimum absolute atomic E-state index is 0.0800. The van der Waals surface area contributed by atoms with Gasteiger partial charge in [-0.25, -0.2) is 19.5 Å². The Morgan fingerprint density at radius 2 is 1.93 bits per heavy atom. The fourth-order valence-corrected chi connectivity index (χ4v) is 3.05. The lowest BCUT2D eigenvalue weighted by Gasteiger charge is -2.24. The van der Waals surface area contributed by atoms with Crippen LogP contribution in [0, 0.1) is 0 Å². The number of amides is 2. The summed E-state index contributed by atoms with van der Waals surface area (Å²) in [7, 11) is 1.48. The number of hydrogen-bond donors (Lipinski definition) is 1. The third-order valence-electron chi connectivity index (χ3n) is 4.39. The van der Waals surface area contributed by atoms with E-state index in [4.69, 9.17) is 4.74 Å². The molecule has 1 fully saturated rings. The molecule has 1 aliphatic heterocycles. The van der Waals surface area contributed by atoms with Crippen LogP contribution in [0.25, 0.3) is 17.2 Å². The second-order valence-electron chi connectivity index (χ2n) is 6.16. The first-order valence-corrected chi connectivity index (χ1v) is 8.80. The third kappa shape index (κ3) is 3.45. The van der Waals surface area contributed by atoms with Crippen molar-refractivity contribution in [1.82, 2.24) is 35.0 Å². The Labute approximate surface area is 165 Å². The van der Waals surface area contributed by atoms with Crippen molar-refractivity contribution in [1.29, 1.82) is 0 Å². The molecule has 0 saturated carbocycles. The van der Waals surface area contributed by atoms with Gasteiger partial charge in [0.15, 0.2) is 11.5 Å². The van der Waals surface area contributed by atoms with Crippen LogP contribution in [0.2, 0.25) is 0 Å². The number of rotatable bonds is 4. The molecule has 0 bridgehead atoms. The van der Waals surface area contributed by atoms with Crippen molar-refractivity contribution in [3.63, 3.8) is 0 Å². The van der Waals surface area contributed by atoms with Crippen LogP contribution in [0.5, 0.6) is 5.88 Å². The predicted molar refractivity (Wildman–Crippen MR) is 99.3 cm³/mol. The van der Waals surface area contributed by atoms with E-state index in [1.165, 1.54) is 16.8 Å². The molecule has 4 heterocycles. The molecular weight excluding hydrogens is 378 g/mol. The van der Waals surface area contributed by atoms with E-state index in [1.54, 1.807) is 36.5 Å². The van der Waals surface area contributed by atoms with Crippen LogP contribution in [0.4, 0.5) is 4.79 Å². The maximum Gasteiger partial charge on any atom is 0.426 e. The summed E-state index contributed by atoms with van der Waals surface area (Å²) in [6, 6.07) is 10.2. The number of carbonyl (C=O) groups excluding carboxylic acids is 1. The molecule has 2 amide bonds. The van der Waals surface area contributed by atoms with Gasteiger partial charge in [0, 0.05) is 25.4 Å². The van der Waals surface area contributed by atoms with Gasteiger partial charge in [0.05, 0.1) is 18.5 Å². The van der Waals surface area contributed by atoms with Gasteiger partial charge in [0.2, 0.25) is 5.88 Å². The third-order valence-corrected chi connectivity index (χ3v) is 4.39. The second-order valence-corrected chi connectivity index (χ2v) is 6.16. The molecule has 29 heavy (non-hydrogen) atoms. The first kappa shape index (κ1) is 18.3. The number of carboxylic acid groups (broad SMARTS) is 1. The summed E-state index contributed by atoms with van der Waals surface area (Å²) < 4.78 is 6.48. The Kier molecular flexibility index (Phi) is 4.77. The lowest BCUT2D eigenvalue weighted by molar-refractivity contribution is 0.0241. The van der Waals surface area contributed by atoms with Crippen molar-refractivity contribution in [3.8, 4) is 23.1 Å². The summed E-state index contributed by atoms with van der Waals surface area (Å²) in [5.41, 5.74) is 1.18. The van der Waals surface area contributed by atoms with Gasteiger partial charge in [-0.05, 0) is 30.7 Å². The van der Waals surface area contributed by atoms with Crippen molar-refractivity contribution >= 4 is 12.0 Å². The standard InChI is InChI=1S/C18H17N7O4/c1-29-16-7-6-15(20-21-16)25-14(12-5-2-3-8-19-12)11-13(22-25)17(26)23-9-4-10-24(23)18(27)28/h2-3,5-8,11H,4,9-10H2,1H3,(H,27,28). The molecule has 11 heteroatoms. The van der Waals surface area contributed by atoms with E-state index < -0.39 is 12.0 Å². The SMILES string of the molecule is COc1ccc(-n2nc(C(=O)N3CCCN3C(=O)O)cc2-c2ccccn2)nn1. The molecule has 3 aromatic heterocycles. The van der Waals surface area contributed by atoms with E-state index in [1.807, 2.05) is 6.07 Å². The predicted octanol–water partition coefficient (Wildman–Crippen LogP) is 1.47. The normalized spacial score (nSPS) is 13.6. The highest BCUT2D eigenvalue weighted by atomic mass is 16.5. The van der Waals surface area contributed by atoms with E-state index >= 15 is 0 Å². The number of pyridine rings is 1. The number of hydrogen-bond acceptors (Lipinski definition) is 7. The summed E-state index contributed by atoms with van der Waals surface area (Å²) in [5.74, 6) is 0.190. The summed E-state index contributed by atoms with van der Waals surface area (Å²) in [5, 5.41) is 23.9. The minimum Gasteiger partial charge on any atom is -0.480 e. The highest BCUT2D eigenvalue weighted by molar-refractivity contribution is 5.94. The van der Waals surface area contributed by atoms with Crippen molar-refractivity contribution < 1.29 is 19.4 Å². The lowest BCUT2D eigenvalue weighted by Crippen LogP contribution is -2.44. The van der Waals surface area contributed by atoms with Crippen molar-refractivity contribution in [2.24, 2.45) is 0 Å². The van der Waals surface area contributed by atoms with E-state index in [0.717, 1.165) is 5.01 Å². The van der Waals surface area contributed by atoms with Crippen LogP contribution in [-0.4, -0.2) is 72.3 Å². The summed E-state index contributed by atoms with van der Waals surface area (Å²) in [4.78, 5) is 28.7. The van der Waals surface area contributed by atoms with Gasteiger partial charge in [-0.1, -0.05) is 6.07 Å². The van der Waals surface area contributed by atoms with Gasteiger partial charge in [-0.2, -0.15) is 5.10 Å². The fourth-order valence-electron chi connectivity index (χ4n) is 3.05. The molecule has 11 nitrogen and oxygen atoms in total. The first-order valence-electron chi connectivity index (χ1n) is 8.80. The van der Waals surface area contributed by atoms with Crippen LogP contribution < -0.4 is 4.74 Å². The highest BCUT2D eigenvalue weighted by Gasteiger charge is 2.33. The van der Waals surface area contributed by atoms with Crippen LogP contribution in [0.3, 0.4) is 0 Å². The average molecular weight is 395 g/mol. The minimum atomic E-state index is -1.18. The molecule has 0 unspecified atom stereocenters. The van der Waals surface area contributed by atoms with Gasteiger partial charge in [-0.3, -0.25) is 9.78 Å². The Bertz CT molecular complexity index is 1040. The zero-order chi connectivity index (χ0) is 20.4. The molecule has 0 spiro atoms. The van der Waals surface area contributed by atoms with Crippen LogP contribution in [0.15, 0.2) is 42.6 Å². The molecule has 0 atom stereocenters. The number of ether oxygens (including phenoxy) is 1. The Hall–Kier alpha value is -4.02. The van der Waals surface area contributed by atoms with E-state index in [0.29, 0.717) is 36.1 Å². The molecule has 1 saturated heterocycles. The van der Waals surface area contributed by atoms with Gasteiger partial charge < -0.3 is 9.84 Å². The van der Waals surface area contributed by atoms with Crippen LogP contribution >= 0.6 is 0 Å². The second kappa shape index (κ2) is 7.54. The van der Waals surface area contributed by atoms with Gasteiger partial charge in [0.1, 0.15) is 0 Å². The summed E-state index contributed by atoms with van der Waals surface area (Å²) >= 11 is 0. The number of carbonyl (C=O) groups is 2. The first-order chi connectivity index (χ1) is 14.1. The van der Waals surface area contributed by atoms with Gasteiger partial charge in [-0.15, -0.1) is 10.2 Å². The van der Waals surface area contributed by atoms with Crippen LogP contribution in [-0.2, 0) is 0 Å². The fraction of sp³-hybridized carbons (Fsp3) is 0.222. The molecule has 0 aliphatic carbocycles. The zero-order valence-corrected chi connectivity index (χ0v) is 15.5. The van der Waals surface area contributed by atoms with Gasteiger partial charge in [0.25, 0.3) is 5.91 Å². The van der Waals surface area contributed by atoms with Crippen molar-refractivity contribution in [2.75, 3.05) is 20.2 Å². The molecule has 1 aliphatic rings. The van der Waals surface area contributed by atoms with Gasteiger partial charge >= 0.3 is 6.09 Å². The Morgan fingerprint density at radius 1 is 1.10 bits per heavy atom. The maximum absolute atomic E-state index is 13.0. The number of methoxy groups -OCH3 is 1. The summed E-state index contributed by atoms with van der Waals surface area (Å²) in [6.45, 7) is 0.568. The molecule has 1 N–H and O–H groups in total. The summed E-state index contributed by atoms with van der Waals surface area (Å²) in [6.07, 6.45) is 1.01. The largest absolute Gasteiger partial charge is 0.480 e. The molecule has 0 radical (unpaired) electrons. The van der Waals surface area contributed by atoms with Crippen LogP contribution in [0.1, 0.15) is 16.9 Å². The monoisotopic (exact) mass is 395 g/mol. The molecule has 4 rings (SSSR count). The number of aromatic nitrogens is 5. The van der Waals surface area contributed by atoms with Crippen molar-refractivity contribution in [2.45, 2.75) is 6.42 Å². The number of nitrogens with zero attached hydrogens (tertiary/aromatic N) is 7. The average Bonchev–Trinajstić information content (AvgIpc) is 3.42. The molecule has 3 aromatic rings. The topological polar surface area (TPSA) is 127 Å². The maximum atomic E-state index is 13.0. The molecule has 148 valence electrons. The van der Waals surface area contributed by atoms with E-state index in [2.05, 4.69) is 20.3 Å². The smallest absolute Gasteiger partial charge is 0.426 e. The Balaban J connectivity index is 1.77. The van der Waals surface area contributed by atoms with Crippen molar-refractivity contribution in [3.05, 3.63) is 48.3 Å². The van der Waals surface area contributed by atoms with E-state index in [-0.39, 0.29) is 12.2 Å². The number of hydrazine groups is 1. The molecule has 0 aromatic carbocycles. The quantitative estimate of drug-likeness (QED) is 0.704. The molecular formula is C18H17N7O4. The Morgan fingerprint density at radius 3 is 2.59 bits per heavy atom. The highest BCUT2D eigenvalue weighted by Crippen LogP contribution is 2.24. The zero-order valence-electron chi connectivity index (χ0n) is 15.5. The van der Waals surface area contributed by atoms with E-state index in [9.17, 15) is 14.7 Å². The lowest BCUT2D eigenvalue weighted by atomic mass is 10.2.